The van der Waals surface area contributed by atoms with Gasteiger partial charge in [-0.1, -0.05) is 49.7 Å². The van der Waals surface area contributed by atoms with E-state index in [2.05, 4.69) is 47.0 Å². The van der Waals surface area contributed by atoms with Crippen LogP contribution in [0.1, 0.15) is 31.4 Å². The number of nitrogens with zero attached hydrogens (tertiary/aromatic N) is 2. The van der Waals surface area contributed by atoms with Gasteiger partial charge in [-0.05, 0) is 56.4 Å². The zero-order chi connectivity index (χ0) is 19.9. The summed E-state index contributed by atoms with van der Waals surface area (Å²) in [6.45, 7) is 9.93. The van der Waals surface area contributed by atoms with E-state index in [4.69, 9.17) is 11.6 Å². The Hall–Kier alpha value is -1.88. The summed E-state index contributed by atoms with van der Waals surface area (Å²) in [6.07, 6.45) is 3.25. The van der Waals surface area contributed by atoms with Crippen molar-refractivity contribution in [3.63, 3.8) is 0 Å². The van der Waals surface area contributed by atoms with Crippen LogP contribution in [0.5, 0.6) is 0 Å². The molecular formula is C23H29ClFN3. The highest BCUT2D eigenvalue weighted by Crippen LogP contribution is 2.25. The summed E-state index contributed by atoms with van der Waals surface area (Å²) >= 11 is 6.24. The van der Waals surface area contributed by atoms with Crippen LogP contribution in [0, 0.1) is 5.82 Å². The van der Waals surface area contributed by atoms with E-state index in [0.717, 1.165) is 44.7 Å². The molecule has 0 radical (unpaired) electrons. The van der Waals surface area contributed by atoms with Crippen LogP contribution < -0.4 is 5.32 Å². The van der Waals surface area contributed by atoms with Crippen LogP contribution >= 0.6 is 11.6 Å². The van der Waals surface area contributed by atoms with Gasteiger partial charge in [0.1, 0.15) is 5.82 Å². The summed E-state index contributed by atoms with van der Waals surface area (Å²) in [5.74, 6) is -0.263. The Bertz CT molecular complexity index is 882. The molecular weight excluding hydrogens is 373 g/mol. The van der Waals surface area contributed by atoms with Crippen LogP contribution in [0.15, 0.2) is 48.7 Å². The summed E-state index contributed by atoms with van der Waals surface area (Å²) in [5, 5.41) is 5.22. The van der Waals surface area contributed by atoms with Crippen LogP contribution in [-0.4, -0.2) is 35.6 Å². The fourth-order valence-electron chi connectivity index (χ4n) is 3.64. The maximum absolute atomic E-state index is 14.2. The second-order valence-corrected chi connectivity index (χ2v) is 7.46. The molecule has 3 aromatic rings. The lowest BCUT2D eigenvalue weighted by molar-refractivity contribution is 0.298. The van der Waals surface area contributed by atoms with Crippen molar-refractivity contribution < 1.29 is 4.39 Å². The molecule has 1 heterocycles. The topological polar surface area (TPSA) is 20.2 Å². The first-order valence-electron chi connectivity index (χ1n) is 10.1. The van der Waals surface area contributed by atoms with Gasteiger partial charge in [0.25, 0.3) is 0 Å². The number of hydrogen-bond donors (Lipinski definition) is 1. The Balaban J connectivity index is 1.70. The number of benzene rings is 2. The quantitative estimate of drug-likeness (QED) is 0.465. The maximum atomic E-state index is 14.2. The van der Waals surface area contributed by atoms with E-state index in [1.54, 1.807) is 12.1 Å². The molecule has 0 aliphatic rings. The second kappa shape index (κ2) is 10.1. The molecule has 1 aromatic heterocycles. The van der Waals surface area contributed by atoms with E-state index < -0.39 is 0 Å². The van der Waals surface area contributed by atoms with Gasteiger partial charge in [-0.2, -0.15) is 0 Å². The standard InChI is InChI=1S/C23H29ClFN3/c1-3-27(4-2)14-8-13-26-15-18-16-28(23-12-6-5-9-19(18)23)17-20-21(24)10-7-11-22(20)25/h5-7,9-12,16,26H,3-4,8,13-15,17H2,1-2H3. The molecule has 0 bridgehead atoms. The molecule has 0 aliphatic carbocycles. The van der Waals surface area contributed by atoms with Crippen LogP contribution in [0.3, 0.4) is 0 Å². The van der Waals surface area contributed by atoms with Crippen LogP contribution in [0.4, 0.5) is 4.39 Å². The third-order valence-electron chi connectivity index (χ3n) is 5.30. The number of hydrogen-bond acceptors (Lipinski definition) is 2. The minimum absolute atomic E-state index is 0.263. The molecule has 0 spiro atoms. The lowest BCUT2D eigenvalue weighted by atomic mass is 10.2. The van der Waals surface area contributed by atoms with E-state index in [1.807, 2.05) is 12.1 Å². The molecule has 1 N–H and O–H groups in total. The summed E-state index contributed by atoms with van der Waals surface area (Å²) in [5.41, 5.74) is 2.86. The summed E-state index contributed by atoms with van der Waals surface area (Å²) in [6, 6.07) is 13.1. The Morgan fingerprint density at radius 2 is 1.86 bits per heavy atom. The molecule has 3 rings (SSSR count). The molecule has 0 aliphatic heterocycles. The third-order valence-corrected chi connectivity index (χ3v) is 5.65. The predicted octanol–water partition coefficient (Wildman–Crippen LogP) is 5.30. The first-order chi connectivity index (χ1) is 13.6. The Morgan fingerprint density at radius 3 is 2.61 bits per heavy atom. The summed E-state index contributed by atoms with van der Waals surface area (Å²) in [4.78, 5) is 2.44. The van der Waals surface area contributed by atoms with Gasteiger partial charge in [0.2, 0.25) is 0 Å². The highest BCUT2D eigenvalue weighted by Gasteiger charge is 2.12. The van der Waals surface area contributed by atoms with Gasteiger partial charge >= 0.3 is 0 Å². The van der Waals surface area contributed by atoms with E-state index in [9.17, 15) is 4.39 Å². The maximum Gasteiger partial charge on any atom is 0.129 e. The van der Waals surface area contributed by atoms with Gasteiger partial charge in [-0.25, -0.2) is 4.39 Å². The normalized spacial score (nSPS) is 11.6. The molecule has 0 unspecified atom stereocenters. The molecule has 0 saturated carbocycles. The molecule has 0 amide bonds. The molecule has 0 saturated heterocycles. The Morgan fingerprint density at radius 1 is 1.07 bits per heavy atom. The van der Waals surface area contributed by atoms with Crippen molar-refractivity contribution in [1.82, 2.24) is 14.8 Å². The van der Waals surface area contributed by atoms with Crippen molar-refractivity contribution >= 4 is 22.5 Å². The lowest BCUT2D eigenvalue weighted by Crippen LogP contribution is -2.27. The van der Waals surface area contributed by atoms with E-state index in [-0.39, 0.29) is 5.82 Å². The van der Waals surface area contributed by atoms with Gasteiger partial charge in [0, 0.05) is 34.2 Å². The zero-order valence-electron chi connectivity index (χ0n) is 16.7. The average Bonchev–Trinajstić information content (AvgIpc) is 3.05. The molecule has 150 valence electrons. The third kappa shape index (κ3) is 4.93. The molecule has 3 nitrogen and oxygen atoms in total. The van der Waals surface area contributed by atoms with Gasteiger partial charge in [-0.15, -0.1) is 0 Å². The van der Waals surface area contributed by atoms with E-state index in [0.29, 0.717) is 17.1 Å². The predicted molar refractivity (Wildman–Crippen MR) is 117 cm³/mol. The van der Waals surface area contributed by atoms with Crippen molar-refractivity contribution in [2.45, 2.75) is 33.4 Å². The molecule has 5 heteroatoms. The SMILES string of the molecule is CCN(CC)CCCNCc1cn(Cc2c(F)cccc2Cl)c2ccccc12. The van der Waals surface area contributed by atoms with Gasteiger partial charge in [-0.3, -0.25) is 0 Å². The van der Waals surface area contributed by atoms with E-state index >= 15 is 0 Å². The van der Waals surface area contributed by atoms with Crippen LogP contribution in [-0.2, 0) is 13.1 Å². The highest BCUT2D eigenvalue weighted by atomic mass is 35.5. The fraction of sp³-hybridized carbons (Fsp3) is 0.391. The van der Waals surface area contributed by atoms with E-state index in [1.165, 1.54) is 17.0 Å². The lowest BCUT2D eigenvalue weighted by Gasteiger charge is -2.17. The molecule has 0 atom stereocenters. The largest absolute Gasteiger partial charge is 0.343 e. The summed E-state index contributed by atoms with van der Waals surface area (Å²) < 4.78 is 16.3. The van der Waals surface area contributed by atoms with Gasteiger partial charge in [0.15, 0.2) is 0 Å². The number of fused-ring (bicyclic) bond motifs is 1. The van der Waals surface area contributed by atoms with Crippen LogP contribution in [0.2, 0.25) is 5.02 Å². The number of rotatable bonds is 10. The zero-order valence-corrected chi connectivity index (χ0v) is 17.5. The first-order valence-corrected chi connectivity index (χ1v) is 10.4. The number of nitrogens with one attached hydrogen (secondary N) is 1. The van der Waals surface area contributed by atoms with Crippen LogP contribution in [0.25, 0.3) is 10.9 Å². The van der Waals surface area contributed by atoms with Crippen molar-refractivity contribution in [3.05, 3.63) is 70.6 Å². The van der Waals surface area contributed by atoms with Crippen molar-refractivity contribution in [1.29, 1.82) is 0 Å². The Labute approximate surface area is 172 Å². The minimum atomic E-state index is -0.263. The highest BCUT2D eigenvalue weighted by molar-refractivity contribution is 6.31. The minimum Gasteiger partial charge on any atom is -0.343 e. The monoisotopic (exact) mass is 401 g/mol. The Kier molecular flexibility index (Phi) is 7.49. The van der Waals surface area contributed by atoms with Crippen molar-refractivity contribution in [2.75, 3.05) is 26.2 Å². The van der Waals surface area contributed by atoms with Crippen molar-refractivity contribution in [3.8, 4) is 0 Å². The number of halogens is 2. The smallest absolute Gasteiger partial charge is 0.129 e. The van der Waals surface area contributed by atoms with Gasteiger partial charge in [0.05, 0.1) is 6.54 Å². The average molecular weight is 402 g/mol. The summed E-state index contributed by atoms with van der Waals surface area (Å²) in [7, 11) is 0. The van der Waals surface area contributed by atoms with Crippen molar-refractivity contribution in [2.24, 2.45) is 0 Å². The fourth-order valence-corrected chi connectivity index (χ4v) is 3.86. The number of aromatic nitrogens is 1. The second-order valence-electron chi connectivity index (χ2n) is 7.06. The molecule has 0 fully saturated rings. The number of para-hydroxylation sites is 1. The van der Waals surface area contributed by atoms with Gasteiger partial charge < -0.3 is 14.8 Å². The first kappa shape index (κ1) is 20.8. The molecule has 28 heavy (non-hydrogen) atoms. The molecule has 2 aromatic carbocycles.